The Morgan fingerprint density at radius 3 is 2.69 bits per heavy atom. The summed E-state index contributed by atoms with van der Waals surface area (Å²) < 4.78 is 6.81. The smallest absolute Gasteiger partial charge is 0.263 e. The number of amides is 1. The molecule has 1 amide bonds. The highest BCUT2D eigenvalue weighted by atomic mass is 35.5. The minimum atomic E-state index is -0.429. The molecule has 3 aromatic rings. The van der Waals surface area contributed by atoms with Crippen LogP contribution in [0.4, 0.5) is 5.82 Å². The van der Waals surface area contributed by atoms with E-state index in [-0.39, 0.29) is 18.1 Å². The van der Waals surface area contributed by atoms with Crippen LogP contribution in [0.1, 0.15) is 23.9 Å². The lowest BCUT2D eigenvalue weighted by Crippen LogP contribution is -2.24. The molecule has 0 saturated heterocycles. The first-order valence-corrected chi connectivity index (χ1v) is 9.58. The molecule has 0 unspecified atom stereocenters. The first kappa shape index (κ1) is 20.9. The maximum absolute atomic E-state index is 12.4. The van der Waals surface area contributed by atoms with Crippen molar-refractivity contribution in [2.75, 3.05) is 11.9 Å². The molecule has 0 fully saturated rings. The molecule has 152 valence electrons. The summed E-state index contributed by atoms with van der Waals surface area (Å²) in [6.07, 6.45) is 0.570. The molecule has 2 aromatic heterocycles. The molecule has 0 radical (unpaired) electrons. The zero-order valence-electron chi connectivity index (χ0n) is 16.0. The maximum Gasteiger partial charge on any atom is 0.263 e. The second kappa shape index (κ2) is 8.67. The Bertz CT molecular complexity index is 1120. The molecule has 0 aliphatic rings. The second-order valence-corrected chi connectivity index (χ2v) is 7.15. The number of carbonyl (C=O) groups excluding carboxylic acids is 1. The van der Waals surface area contributed by atoms with Crippen molar-refractivity contribution in [3.8, 4) is 11.7 Å². The minimum absolute atomic E-state index is 0.217. The SMILES string of the molecule is CCc1c(C)nc(-n2nc(C)cc2NC(=O)COc2ccc(Cl)cc2Cl)[nH]c1=O. The van der Waals surface area contributed by atoms with Gasteiger partial charge in [0.15, 0.2) is 6.61 Å². The van der Waals surface area contributed by atoms with Gasteiger partial charge in [0.1, 0.15) is 11.6 Å². The van der Waals surface area contributed by atoms with Crippen LogP contribution >= 0.6 is 23.2 Å². The van der Waals surface area contributed by atoms with Crippen molar-refractivity contribution in [1.82, 2.24) is 19.7 Å². The number of H-pyrrole nitrogens is 1. The number of hydrogen-bond donors (Lipinski definition) is 2. The standard InChI is InChI=1S/C19H19Cl2N5O3/c1-4-13-11(3)22-19(24-18(13)28)26-16(7-10(2)25-26)23-17(27)9-29-15-6-5-12(20)8-14(15)21/h5-8H,4,9H2,1-3H3,(H,23,27)(H,22,24,28). The van der Waals surface area contributed by atoms with E-state index in [0.717, 1.165) is 0 Å². The van der Waals surface area contributed by atoms with Gasteiger partial charge in [0.05, 0.1) is 10.7 Å². The summed E-state index contributed by atoms with van der Waals surface area (Å²) in [7, 11) is 0. The van der Waals surface area contributed by atoms with Gasteiger partial charge in [-0.05, 0) is 38.5 Å². The molecule has 10 heteroatoms. The number of rotatable bonds is 6. The Kier molecular flexibility index (Phi) is 6.24. The van der Waals surface area contributed by atoms with Gasteiger partial charge in [-0.15, -0.1) is 0 Å². The Hall–Kier alpha value is -2.84. The monoisotopic (exact) mass is 435 g/mol. The lowest BCUT2D eigenvalue weighted by atomic mass is 10.2. The van der Waals surface area contributed by atoms with Crippen LogP contribution in [0.2, 0.25) is 10.0 Å². The van der Waals surface area contributed by atoms with Crippen molar-refractivity contribution in [2.24, 2.45) is 0 Å². The van der Waals surface area contributed by atoms with E-state index >= 15 is 0 Å². The maximum atomic E-state index is 12.4. The van der Waals surface area contributed by atoms with Crippen molar-refractivity contribution in [2.45, 2.75) is 27.2 Å². The van der Waals surface area contributed by atoms with E-state index in [1.165, 1.54) is 10.7 Å². The average Bonchev–Trinajstić information content (AvgIpc) is 3.01. The largest absolute Gasteiger partial charge is 0.482 e. The van der Waals surface area contributed by atoms with Crippen LogP contribution in [-0.2, 0) is 11.2 Å². The van der Waals surface area contributed by atoms with Crippen molar-refractivity contribution < 1.29 is 9.53 Å². The van der Waals surface area contributed by atoms with Gasteiger partial charge in [0, 0.05) is 22.3 Å². The fourth-order valence-corrected chi connectivity index (χ4v) is 3.24. The summed E-state index contributed by atoms with van der Waals surface area (Å²) in [6, 6.07) is 6.39. The number of aromatic nitrogens is 4. The van der Waals surface area contributed by atoms with E-state index in [0.29, 0.717) is 45.0 Å². The highest BCUT2D eigenvalue weighted by Gasteiger charge is 2.15. The number of nitrogens with one attached hydrogen (secondary N) is 2. The number of aromatic amines is 1. The van der Waals surface area contributed by atoms with Crippen LogP contribution in [0.15, 0.2) is 29.1 Å². The first-order valence-electron chi connectivity index (χ1n) is 8.83. The molecular weight excluding hydrogens is 417 g/mol. The summed E-state index contributed by atoms with van der Waals surface area (Å²) in [5.41, 5.74) is 1.62. The highest BCUT2D eigenvalue weighted by Crippen LogP contribution is 2.27. The number of ether oxygens (including phenoxy) is 1. The molecule has 0 aliphatic carbocycles. The van der Waals surface area contributed by atoms with Crippen molar-refractivity contribution in [3.05, 3.63) is 61.6 Å². The third kappa shape index (κ3) is 4.78. The molecule has 1 aromatic carbocycles. The number of hydrogen-bond acceptors (Lipinski definition) is 5. The zero-order valence-corrected chi connectivity index (χ0v) is 17.6. The molecular formula is C19H19Cl2N5O3. The topological polar surface area (TPSA) is 102 Å². The fourth-order valence-electron chi connectivity index (χ4n) is 2.78. The average molecular weight is 436 g/mol. The van der Waals surface area contributed by atoms with Crippen LogP contribution in [0.5, 0.6) is 5.75 Å². The van der Waals surface area contributed by atoms with Crippen LogP contribution < -0.4 is 15.6 Å². The molecule has 3 rings (SSSR count). The number of halogens is 2. The van der Waals surface area contributed by atoms with Gasteiger partial charge in [0.2, 0.25) is 5.95 Å². The molecule has 2 N–H and O–H groups in total. The van der Waals surface area contributed by atoms with Gasteiger partial charge < -0.3 is 10.1 Å². The third-order valence-corrected chi connectivity index (χ3v) is 4.65. The molecule has 0 atom stereocenters. The Morgan fingerprint density at radius 1 is 1.28 bits per heavy atom. The van der Waals surface area contributed by atoms with Crippen molar-refractivity contribution in [3.63, 3.8) is 0 Å². The van der Waals surface area contributed by atoms with E-state index in [4.69, 9.17) is 27.9 Å². The lowest BCUT2D eigenvalue weighted by molar-refractivity contribution is -0.118. The van der Waals surface area contributed by atoms with E-state index in [1.54, 1.807) is 32.0 Å². The molecule has 0 saturated carbocycles. The third-order valence-electron chi connectivity index (χ3n) is 4.12. The van der Waals surface area contributed by atoms with Gasteiger partial charge in [-0.3, -0.25) is 14.6 Å². The molecule has 0 bridgehead atoms. The summed E-state index contributed by atoms with van der Waals surface area (Å²) in [6.45, 7) is 5.14. The molecule has 0 spiro atoms. The van der Waals surface area contributed by atoms with Gasteiger partial charge >= 0.3 is 0 Å². The fraction of sp³-hybridized carbons (Fsp3) is 0.263. The minimum Gasteiger partial charge on any atom is -0.482 e. The van der Waals surface area contributed by atoms with E-state index in [2.05, 4.69) is 20.4 Å². The molecule has 0 aliphatic heterocycles. The number of anilines is 1. The molecule has 2 heterocycles. The Morgan fingerprint density at radius 2 is 2.03 bits per heavy atom. The number of aryl methyl sites for hydroxylation is 2. The van der Waals surface area contributed by atoms with Crippen molar-refractivity contribution in [1.29, 1.82) is 0 Å². The molecule has 29 heavy (non-hydrogen) atoms. The number of benzene rings is 1. The quantitative estimate of drug-likeness (QED) is 0.616. The van der Waals surface area contributed by atoms with Gasteiger partial charge in [-0.2, -0.15) is 9.78 Å². The summed E-state index contributed by atoms with van der Waals surface area (Å²) in [5, 5.41) is 7.78. The Labute approximate surface area is 176 Å². The number of nitrogens with zero attached hydrogens (tertiary/aromatic N) is 3. The number of carbonyl (C=O) groups is 1. The van der Waals surface area contributed by atoms with Gasteiger partial charge in [0.25, 0.3) is 11.5 Å². The van der Waals surface area contributed by atoms with E-state index in [9.17, 15) is 9.59 Å². The lowest BCUT2D eigenvalue weighted by Gasteiger charge is -2.11. The van der Waals surface area contributed by atoms with E-state index < -0.39 is 5.91 Å². The summed E-state index contributed by atoms with van der Waals surface area (Å²) in [5.74, 6) is 0.481. The van der Waals surface area contributed by atoms with Crippen LogP contribution in [0.25, 0.3) is 5.95 Å². The Balaban J connectivity index is 1.79. The highest BCUT2D eigenvalue weighted by molar-refractivity contribution is 6.35. The van der Waals surface area contributed by atoms with Crippen LogP contribution in [0, 0.1) is 13.8 Å². The van der Waals surface area contributed by atoms with Gasteiger partial charge in [-0.1, -0.05) is 30.1 Å². The summed E-state index contributed by atoms with van der Waals surface area (Å²) in [4.78, 5) is 31.7. The van der Waals surface area contributed by atoms with Gasteiger partial charge in [-0.25, -0.2) is 4.98 Å². The normalized spacial score (nSPS) is 10.8. The predicted octanol–water partition coefficient (Wildman–Crippen LogP) is 3.46. The van der Waals surface area contributed by atoms with Crippen LogP contribution in [0.3, 0.4) is 0 Å². The second-order valence-electron chi connectivity index (χ2n) is 6.30. The predicted molar refractivity (Wildman–Crippen MR) is 111 cm³/mol. The van der Waals surface area contributed by atoms with E-state index in [1.807, 2.05) is 6.92 Å². The first-order chi connectivity index (χ1) is 13.8. The van der Waals surface area contributed by atoms with Crippen LogP contribution in [-0.4, -0.2) is 32.3 Å². The summed E-state index contributed by atoms with van der Waals surface area (Å²) >= 11 is 11.9. The van der Waals surface area contributed by atoms with Crippen molar-refractivity contribution >= 4 is 34.9 Å². The zero-order chi connectivity index (χ0) is 21.1. The molecule has 8 nitrogen and oxygen atoms in total.